The van der Waals surface area contributed by atoms with E-state index in [0.717, 1.165) is 15.6 Å². The second-order valence-electron chi connectivity index (χ2n) is 6.65. The average molecular weight is 455 g/mol. The summed E-state index contributed by atoms with van der Waals surface area (Å²) in [5, 5.41) is 3.09. The number of nitrogens with one attached hydrogen (secondary N) is 3. The topological polar surface area (TPSA) is 90.5 Å². The Labute approximate surface area is 187 Å². The second kappa shape index (κ2) is 10.1. The van der Waals surface area contributed by atoms with Crippen LogP contribution in [0.15, 0.2) is 89.8 Å². The van der Waals surface area contributed by atoms with Crippen molar-refractivity contribution >= 4 is 44.6 Å². The molecule has 0 spiro atoms. The van der Waals surface area contributed by atoms with Crippen LogP contribution in [0.1, 0.15) is 5.56 Å². The highest BCUT2D eigenvalue weighted by Gasteiger charge is 2.27. The van der Waals surface area contributed by atoms with Crippen molar-refractivity contribution in [1.29, 1.82) is 0 Å². The van der Waals surface area contributed by atoms with Gasteiger partial charge in [0, 0.05) is 5.69 Å². The molecule has 160 valence electrons. The number of rotatable bonds is 6. The van der Waals surface area contributed by atoms with Crippen LogP contribution in [0.4, 0.5) is 11.4 Å². The van der Waals surface area contributed by atoms with Gasteiger partial charge >= 0.3 is 0 Å². The zero-order valence-corrected chi connectivity index (χ0v) is 18.4. The smallest absolute Gasteiger partial charge is 0.264 e. The van der Waals surface area contributed by atoms with E-state index in [9.17, 15) is 13.2 Å². The van der Waals surface area contributed by atoms with E-state index in [2.05, 4.69) is 16.2 Å². The maximum absolute atomic E-state index is 13.2. The van der Waals surface area contributed by atoms with E-state index in [1.54, 1.807) is 42.5 Å². The van der Waals surface area contributed by atoms with Crippen molar-refractivity contribution in [2.75, 3.05) is 16.2 Å². The quantitative estimate of drug-likeness (QED) is 0.391. The van der Waals surface area contributed by atoms with Gasteiger partial charge in [-0.25, -0.2) is 8.42 Å². The Hall–Kier alpha value is -3.43. The minimum Gasteiger partial charge on any atom is -0.331 e. The number of benzene rings is 3. The Morgan fingerprint density at radius 3 is 2.06 bits per heavy atom. The summed E-state index contributed by atoms with van der Waals surface area (Å²) in [4.78, 5) is 12.6. The summed E-state index contributed by atoms with van der Waals surface area (Å²) in [6, 6.07) is 24.1. The Balaban J connectivity index is 1.72. The molecule has 0 radical (unpaired) electrons. The lowest BCUT2D eigenvalue weighted by molar-refractivity contribution is -0.120. The van der Waals surface area contributed by atoms with E-state index in [-0.39, 0.29) is 10.0 Å². The molecule has 0 heterocycles. The number of carbonyl (C=O) groups is 1. The lowest BCUT2D eigenvalue weighted by Crippen LogP contribution is -2.49. The molecule has 31 heavy (non-hydrogen) atoms. The first-order valence-electron chi connectivity index (χ1n) is 9.41. The summed E-state index contributed by atoms with van der Waals surface area (Å²) in [7, 11) is -3.96. The zero-order valence-electron chi connectivity index (χ0n) is 16.8. The van der Waals surface area contributed by atoms with Gasteiger partial charge in [0.05, 0.1) is 10.6 Å². The van der Waals surface area contributed by atoms with E-state index in [4.69, 9.17) is 12.2 Å². The molecule has 3 aromatic carbocycles. The van der Waals surface area contributed by atoms with Gasteiger partial charge < -0.3 is 5.32 Å². The van der Waals surface area contributed by atoms with Gasteiger partial charge in [0.2, 0.25) is 0 Å². The van der Waals surface area contributed by atoms with Crippen molar-refractivity contribution in [3.05, 3.63) is 90.5 Å². The summed E-state index contributed by atoms with van der Waals surface area (Å²) in [6.07, 6.45) is 0. The van der Waals surface area contributed by atoms with Crippen LogP contribution in [0.2, 0.25) is 0 Å². The van der Waals surface area contributed by atoms with Crippen LogP contribution in [0, 0.1) is 6.92 Å². The molecule has 3 aromatic rings. The molecule has 3 N–H and O–H groups in total. The molecule has 0 atom stereocenters. The molecule has 0 fully saturated rings. The fourth-order valence-corrected chi connectivity index (χ4v) is 4.32. The lowest BCUT2D eigenvalue weighted by atomic mass is 10.2. The number of sulfonamides is 1. The summed E-state index contributed by atoms with van der Waals surface area (Å²) < 4.78 is 27.6. The summed E-state index contributed by atoms with van der Waals surface area (Å²) in [5.74, 6) is -0.572. The molecule has 0 unspecified atom stereocenters. The normalized spacial score (nSPS) is 10.7. The van der Waals surface area contributed by atoms with E-state index in [1.807, 2.05) is 37.3 Å². The highest BCUT2D eigenvalue weighted by molar-refractivity contribution is 7.92. The van der Waals surface area contributed by atoms with Gasteiger partial charge in [0.25, 0.3) is 15.9 Å². The molecular formula is C22H22N4O3S2. The van der Waals surface area contributed by atoms with E-state index in [1.165, 1.54) is 12.1 Å². The predicted molar refractivity (Wildman–Crippen MR) is 126 cm³/mol. The van der Waals surface area contributed by atoms with Gasteiger partial charge in [-0.1, -0.05) is 54.1 Å². The number of hydrogen-bond acceptors (Lipinski definition) is 4. The van der Waals surface area contributed by atoms with Crippen LogP contribution in [0.25, 0.3) is 0 Å². The number of aryl methyl sites for hydroxylation is 1. The number of carbonyl (C=O) groups excluding carboxylic acids is 1. The molecule has 0 bridgehead atoms. The van der Waals surface area contributed by atoms with Crippen molar-refractivity contribution in [2.45, 2.75) is 11.8 Å². The fraction of sp³-hybridized carbons (Fsp3) is 0.0909. The number of amides is 1. The molecule has 0 saturated carbocycles. The van der Waals surface area contributed by atoms with Crippen LogP contribution in [-0.4, -0.2) is 26.0 Å². The zero-order chi connectivity index (χ0) is 22.3. The molecule has 0 saturated heterocycles. The number of thiocarbonyl (C=S) groups is 1. The minimum absolute atomic E-state index is 0.101. The highest BCUT2D eigenvalue weighted by atomic mass is 32.2. The summed E-state index contributed by atoms with van der Waals surface area (Å²) in [5.41, 5.74) is 7.09. The Morgan fingerprint density at radius 2 is 1.45 bits per heavy atom. The molecule has 3 rings (SSSR count). The van der Waals surface area contributed by atoms with Crippen LogP contribution >= 0.6 is 12.2 Å². The first-order chi connectivity index (χ1) is 14.9. The third-order valence-electron chi connectivity index (χ3n) is 4.29. The number of para-hydroxylation sites is 2. The summed E-state index contributed by atoms with van der Waals surface area (Å²) in [6.45, 7) is 1.44. The van der Waals surface area contributed by atoms with E-state index < -0.39 is 22.5 Å². The number of hydrazine groups is 1. The number of anilines is 2. The van der Waals surface area contributed by atoms with Gasteiger partial charge in [0.1, 0.15) is 6.54 Å². The fourth-order valence-electron chi connectivity index (χ4n) is 2.73. The van der Waals surface area contributed by atoms with Crippen LogP contribution < -0.4 is 20.5 Å². The maximum atomic E-state index is 13.2. The molecule has 0 aliphatic heterocycles. The van der Waals surface area contributed by atoms with Crippen LogP contribution in [0.5, 0.6) is 0 Å². The largest absolute Gasteiger partial charge is 0.331 e. The third kappa shape index (κ3) is 6.03. The second-order valence-corrected chi connectivity index (χ2v) is 8.92. The molecule has 0 aromatic heterocycles. The van der Waals surface area contributed by atoms with Gasteiger partial charge in [-0.3, -0.25) is 20.0 Å². The van der Waals surface area contributed by atoms with Crippen molar-refractivity contribution in [3.8, 4) is 0 Å². The van der Waals surface area contributed by atoms with Crippen molar-refractivity contribution in [3.63, 3.8) is 0 Å². The molecule has 0 aliphatic carbocycles. The Bertz CT molecular complexity index is 1140. The molecular weight excluding hydrogens is 432 g/mol. The van der Waals surface area contributed by atoms with Crippen LogP contribution in [-0.2, 0) is 14.8 Å². The lowest BCUT2D eigenvalue weighted by Gasteiger charge is -2.24. The van der Waals surface area contributed by atoms with Gasteiger partial charge in [-0.2, -0.15) is 0 Å². The molecule has 7 nitrogen and oxygen atoms in total. The molecule has 1 amide bonds. The van der Waals surface area contributed by atoms with E-state index >= 15 is 0 Å². The Kier molecular flexibility index (Phi) is 7.22. The molecule has 9 heteroatoms. The Morgan fingerprint density at radius 1 is 0.871 bits per heavy atom. The number of hydrogen-bond donors (Lipinski definition) is 3. The van der Waals surface area contributed by atoms with Crippen molar-refractivity contribution < 1.29 is 13.2 Å². The average Bonchev–Trinajstić information content (AvgIpc) is 2.77. The predicted octanol–water partition coefficient (Wildman–Crippen LogP) is 3.21. The molecule has 0 aliphatic rings. The first kappa shape index (κ1) is 22.3. The van der Waals surface area contributed by atoms with Crippen LogP contribution in [0.3, 0.4) is 0 Å². The SMILES string of the molecule is Cc1ccc(S(=O)(=O)N(CC(=O)NNC(=S)Nc2ccccc2)c2ccccc2)cc1. The van der Waals surface area contributed by atoms with Gasteiger partial charge in [-0.05, 0) is 55.5 Å². The van der Waals surface area contributed by atoms with E-state index in [0.29, 0.717) is 5.69 Å². The highest BCUT2D eigenvalue weighted by Crippen LogP contribution is 2.23. The minimum atomic E-state index is -3.96. The standard InChI is InChI=1S/C22H22N4O3S2/c1-17-12-14-20(15-13-17)31(28,29)26(19-10-6-3-7-11-19)16-21(27)24-25-22(30)23-18-8-4-2-5-9-18/h2-15H,16H2,1H3,(H,24,27)(H2,23,25,30). The monoisotopic (exact) mass is 454 g/mol. The van der Waals surface area contributed by atoms with Gasteiger partial charge in [-0.15, -0.1) is 0 Å². The first-order valence-corrected chi connectivity index (χ1v) is 11.3. The maximum Gasteiger partial charge on any atom is 0.264 e. The third-order valence-corrected chi connectivity index (χ3v) is 6.28. The van der Waals surface area contributed by atoms with Crippen molar-refractivity contribution in [2.24, 2.45) is 0 Å². The number of nitrogens with zero attached hydrogens (tertiary/aromatic N) is 1. The van der Waals surface area contributed by atoms with Gasteiger partial charge in [0.15, 0.2) is 5.11 Å². The van der Waals surface area contributed by atoms with Crippen molar-refractivity contribution in [1.82, 2.24) is 10.9 Å². The summed E-state index contributed by atoms with van der Waals surface area (Å²) >= 11 is 5.15.